The number of hydrazone groups is 1. The second-order valence-corrected chi connectivity index (χ2v) is 8.63. The number of piperidine rings is 1. The van der Waals surface area contributed by atoms with Crippen molar-refractivity contribution in [3.05, 3.63) is 42.0 Å². The number of nitrogens with zero attached hydrogens (tertiary/aromatic N) is 2. The van der Waals surface area contributed by atoms with Crippen molar-refractivity contribution >= 4 is 21.8 Å². The van der Waals surface area contributed by atoms with E-state index >= 15 is 0 Å². The molecule has 8 heteroatoms. The zero-order valence-corrected chi connectivity index (χ0v) is 16.6. The van der Waals surface area contributed by atoms with Gasteiger partial charge in [0.1, 0.15) is 0 Å². The van der Waals surface area contributed by atoms with Gasteiger partial charge in [-0.05, 0) is 37.8 Å². The third-order valence-electron chi connectivity index (χ3n) is 5.18. The van der Waals surface area contributed by atoms with Crippen molar-refractivity contribution in [2.45, 2.75) is 37.6 Å². The van der Waals surface area contributed by atoms with Gasteiger partial charge in [-0.2, -0.15) is 13.5 Å². The highest BCUT2D eigenvalue weighted by molar-refractivity contribution is 7.89. The van der Waals surface area contributed by atoms with Gasteiger partial charge in [0, 0.05) is 18.2 Å². The molecule has 2 aliphatic heterocycles. The lowest BCUT2D eigenvalue weighted by Crippen LogP contribution is -2.55. The van der Waals surface area contributed by atoms with Crippen LogP contribution in [0.25, 0.3) is 0 Å². The molecule has 1 N–H and O–H groups in total. The quantitative estimate of drug-likeness (QED) is 0.475. The Balaban J connectivity index is 1.81. The molecule has 1 aromatic carbocycles. The number of rotatable bonds is 5. The summed E-state index contributed by atoms with van der Waals surface area (Å²) in [6.45, 7) is 4.46. The molecule has 1 fully saturated rings. The monoisotopic (exact) mass is 391 g/mol. The number of benzene rings is 1. The molecule has 4 rings (SSSR count). The summed E-state index contributed by atoms with van der Waals surface area (Å²) < 4.78 is 29.9. The summed E-state index contributed by atoms with van der Waals surface area (Å²) >= 11 is 0. The normalized spacial score (nSPS) is 24.8. The molecule has 1 aliphatic carbocycles. The van der Waals surface area contributed by atoms with E-state index in [2.05, 4.69) is 16.0 Å². The fraction of sp³-hybridized carbons (Fsp3) is 0.474. The molecule has 1 amide bonds. The highest BCUT2D eigenvalue weighted by Gasteiger charge is 2.42. The van der Waals surface area contributed by atoms with Gasteiger partial charge in [-0.3, -0.25) is 0 Å². The van der Waals surface area contributed by atoms with E-state index in [1.807, 2.05) is 19.9 Å². The average Bonchev–Trinajstić information content (AvgIpc) is 2.68. The molecule has 146 valence electrons. The Hall–Kier alpha value is -2.35. The van der Waals surface area contributed by atoms with Gasteiger partial charge in [0.05, 0.1) is 18.0 Å². The Morgan fingerprint density at radius 1 is 1.30 bits per heavy atom. The molecule has 1 saturated heterocycles. The van der Waals surface area contributed by atoms with Crippen molar-refractivity contribution in [1.82, 2.24) is 9.73 Å². The Bertz CT molecular complexity index is 861. The van der Waals surface area contributed by atoms with Gasteiger partial charge in [0.25, 0.3) is 10.0 Å². The van der Waals surface area contributed by atoms with Gasteiger partial charge in [-0.1, -0.05) is 36.8 Å². The molecular formula is C19H25N3O4S. The maximum Gasteiger partial charge on any atom is 0.410 e. The van der Waals surface area contributed by atoms with Crippen LogP contribution in [0.5, 0.6) is 0 Å². The van der Waals surface area contributed by atoms with E-state index < -0.39 is 10.0 Å². The zero-order valence-electron chi connectivity index (χ0n) is 15.8. The van der Waals surface area contributed by atoms with Gasteiger partial charge in [-0.15, -0.1) is 0 Å². The molecule has 2 heterocycles. The summed E-state index contributed by atoms with van der Waals surface area (Å²) in [5, 5.41) is 4.24. The van der Waals surface area contributed by atoms with Crippen LogP contribution in [0.3, 0.4) is 0 Å². The van der Waals surface area contributed by atoms with Gasteiger partial charge in [0.2, 0.25) is 0 Å². The fourth-order valence-corrected chi connectivity index (χ4v) is 4.58. The molecule has 7 nitrogen and oxygen atoms in total. The van der Waals surface area contributed by atoms with Crippen molar-refractivity contribution < 1.29 is 17.9 Å². The zero-order chi connectivity index (χ0) is 19.6. The molecule has 0 radical (unpaired) electrons. The maximum atomic E-state index is 12.5. The molecule has 1 aromatic rings. The number of ether oxygens (including phenoxy) is 1. The molecule has 3 unspecified atom stereocenters. The van der Waals surface area contributed by atoms with Crippen molar-refractivity contribution in [1.29, 1.82) is 0 Å². The number of amides is 1. The number of aryl methyl sites for hydroxylation is 1. The smallest absolute Gasteiger partial charge is 0.410 e. The highest BCUT2D eigenvalue weighted by atomic mass is 32.2. The third kappa shape index (κ3) is 4.00. The lowest BCUT2D eigenvalue weighted by Gasteiger charge is -2.45. The molecule has 2 bridgehead atoms. The Morgan fingerprint density at radius 2 is 2.00 bits per heavy atom. The molecule has 0 saturated carbocycles. The lowest BCUT2D eigenvalue weighted by atomic mass is 9.75. The molecule has 3 atom stereocenters. The van der Waals surface area contributed by atoms with Gasteiger partial charge in [0.15, 0.2) is 0 Å². The van der Waals surface area contributed by atoms with Crippen LogP contribution in [0.1, 0.15) is 25.3 Å². The van der Waals surface area contributed by atoms with E-state index in [0.717, 1.165) is 17.7 Å². The second-order valence-electron chi connectivity index (χ2n) is 6.96. The first-order valence-corrected chi connectivity index (χ1v) is 10.5. The summed E-state index contributed by atoms with van der Waals surface area (Å²) in [5.74, 6) is 0.197. The van der Waals surface area contributed by atoms with E-state index in [-0.39, 0.29) is 28.9 Å². The van der Waals surface area contributed by atoms with Crippen LogP contribution < -0.4 is 4.83 Å². The first-order valence-electron chi connectivity index (χ1n) is 9.03. The summed E-state index contributed by atoms with van der Waals surface area (Å²) in [4.78, 5) is 16.3. The van der Waals surface area contributed by atoms with Crippen molar-refractivity contribution in [3.63, 3.8) is 0 Å². The molecule has 0 spiro atoms. The predicted molar refractivity (Wildman–Crippen MR) is 103 cm³/mol. The Labute approximate surface area is 160 Å². The first kappa shape index (κ1) is 19.4. The molecule has 27 heavy (non-hydrogen) atoms. The topological polar surface area (TPSA) is 88.1 Å². The van der Waals surface area contributed by atoms with E-state index in [1.165, 1.54) is 7.11 Å². The van der Waals surface area contributed by atoms with E-state index in [1.54, 1.807) is 29.2 Å². The van der Waals surface area contributed by atoms with Crippen molar-refractivity contribution in [3.8, 4) is 0 Å². The summed E-state index contributed by atoms with van der Waals surface area (Å²) in [6, 6.07) is 6.45. The predicted octanol–water partition coefficient (Wildman–Crippen LogP) is 2.68. The number of fused-ring (bicyclic) bond motifs is 2. The number of methoxy groups -OCH3 is 1. The maximum absolute atomic E-state index is 12.5. The number of hydrogen-bond donors (Lipinski definition) is 1. The van der Waals surface area contributed by atoms with Crippen LogP contribution in [0.4, 0.5) is 4.79 Å². The van der Waals surface area contributed by atoms with Crippen LogP contribution in [-0.2, 0) is 14.8 Å². The molecular weight excluding hydrogens is 366 g/mol. The van der Waals surface area contributed by atoms with Gasteiger partial charge < -0.3 is 9.64 Å². The summed E-state index contributed by atoms with van der Waals surface area (Å²) in [7, 11) is -2.36. The average molecular weight is 391 g/mol. The van der Waals surface area contributed by atoms with Crippen molar-refractivity contribution in [2.24, 2.45) is 16.9 Å². The van der Waals surface area contributed by atoms with Crippen LogP contribution in [0.2, 0.25) is 0 Å². The minimum Gasteiger partial charge on any atom is -0.453 e. The van der Waals surface area contributed by atoms with E-state index in [4.69, 9.17) is 4.74 Å². The summed E-state index contributed by atoms with van der Waals surface area (Å²) in [6.07, 6.45) is 5.18. The first-order chi connectivity index (χ1) is 12.9. The van der Waals surface area contributed by atoms with E-state index in [0.29, 0.717) is 13.0 Å². The Morgan fingerprint density at radius 3 is 2.59 bits per heavy atom. The van der Waals surface area contributed by atoms with Gasteiger partial charge >= 0.3 is 6.09 Å². The number of carbonyl (C=O) groups is 1. The molecule has 3 aliphatic rings. The number of nitrogens with one attached hydrogen (secondary N) is 1. The Kier molecular flexibility index (Phi) is 5.55. The fourth-order valence-electron chi connectivity index (χ4n) is 3.74. The molecule has 0 aromatic heterocycles. The largest absolute Gasteiger partial charge is 0.453 e. The second kappa shape index (κ2) is 7.72. The number of carbonyl (C=O) groups excluding carboxylic acids is 1. The number of sulfonamides is 1. The minimum atomic E-state index is -3.73. The van der Waals surface area contributed by atoms with Crippen LogP contribution in [-0.4, -0.2) is 44.8 Å². The van der Waals surface area contributed by atoms with Crippen molar-refractivity contribution in [2.75, 3.05) is 13.7 Å². The highest BCUT2D eigenvalue weighted by Crippen LogP contribution is 2.36. The van der Waals surface area contributed by atoms with Crippen LogP contribution >= 0.6 is 0 Å². The van der Waals surface area contributed by atoms with E-state index in [9.17, 15) is 13.2 Å². The minimum absolute atomic E-state index is 0.0291. The lowest BCUT2D eigenvalue weighted by molar-refractivity contribution is 0.0748. The third-order valence-corrected chi connectivity index (χ3v) is 6.40. The summed E-state index contributed by atoms with van der Waals surface area (Å²) in [5.41, 5.74) is 1.72. The van der Waals surface area contributed by atoms with Gasteiger partial charge in [-0.25, -0.2) is 9.63 Å². The standard InChI is InChI=1S/C19H25N3O4S/c1-4-17(20-21-27(24,25)15-8-5-13(2)6-9-15)16-11-14-7-10-18(16)22(12-14)19(23)26-3/h5-10,14,16,18,21H,4,11-12H2,1-3H3. The van der Waals surface area contributed by atoms with Crippen LogP contribution in [0, 0.1) is 18.8 Å². The SMILES string of the molecule is CCC(=NNS(=O)(=O)c1ccc(C)cc1)C1CC2C=CC1N(C(=O)OC)C2. The number of hydrogen-bond acceptors (Lipinski definition) is 5. The van der Waals surface area contributed by atoms with Crippen LogP contribution in [0.15, 0.2) is 46.4 Å².